The Morgan fingerprint density at radius 2 is 1.87 bits per heavy atom. The molecule has 30 heavy (non-hydrogen) atoms. The van der Waals surface area contributed by atoms with E-state index in [1.54, 1.807) is 14.0 Å². The van der Waals surface area contributed by atoms with E-state index in [9.17, 15) is 9.59 Å². The molecule has 1 aliphatic heterocycles. The molecular weight excluding hydrogens is 400 g/mol. The van der Waals surface area contributed by atoms with Gasteiger partial charge in [0.15, 0.2) is 0 Å². The molecule has 0 aromatic heterocycles. The number of carbonyl (C=O) groups is 2. The van der Waals surface area contributed by atoms with Gasteiger partial charge in [-0.25, -0.2) is 9.59 Å². The fourth-order valence-corrected chi connectivity index (χ4v) is 4.18. The van der Waals surface area contributed by atoms with Crippen molar-refractivity contribution in [3.63, 3.8) is 0 Å². The molecule has 1 atom stereocenters. The summed E-state index contributed by atoms with van der Waals surface area (Å²) in [5, 5.41) is 5.71. The predicted octanol–water partition coefficient (Wildman–Crippen LogP) is 4.28. The number of amides is 2. The van der Waals surface area contributed by atoms with Gasteiger partial charge in [-0.1, -0.05) is 23.8 Å². The molecule has 0 saturated carbocycles. The van der Waals surface area contributed by atoms with Gasteiger partial charge in [0.05, 0.1) is 25.3 Å². The van der Waals surface area contributed by atoms with E-state index in [-0.39, 0.29) is 12.6 Å². The molecule has 6 nitrogen and oxygen atoms in total. The van der Waals surface area contributed by atoms with Crippen molar-refractivity contribution in [1.29, 1.82) is 0 Å². The lowest BCUT2D eigenvalue weighted by molar-refractivity contribution is -0.139. The first-order valence-electron chi connectivity index (χ1n) is 9.74. The summed E-state index contributed by atoms with van der Waals surface area (Å²) in [6.07, 6.45) is 0. The van der Waals surface area contributed by atoms with Crippen LogP contribution in [0.4, 0.5) is 4.79 Å². The van der Waals surface area contributed by atoms with Crippen LogP contribution in [0.3, 0.4) is 0 Å². The summed E-state index contributed by atoms with van der Waals surface area (Å²) >= 11 is 1.53. The van der Waals surface area contributed by atoms with E-state index in [2.05, 4.69) is 10.6 Å². The first-order valence-corrected chi connectivity index (χ1v) is 10.7. The molecule has 1 aliphatic rings. The number of aryl methyl sites for hydroxylation is 2. The highest BCUT2D eigenvalue weighted by molar-refractivity contribution is 7.99. The number of methoxy groups -OCH3 is 1. The SMILES string of the molecule is CCOC(=O)C1=C(CSc2ccc(OC)cc2)NC(=O)N[C@@H]1c1cc(C)ccc1C. The molecule has 0 unspecified atom stereocenters. The normalized spacial score (nSPS) is 16.0. The average molecular weight is 427 g/mol. The monoisotopic (exact) mass is 426 g/mol. The minimum Gasteiger partial charge on any atom is -0.497 e. The van der Waals surface area contributed by atoms with Gasteiger partial charge < -0.3 is 20.1 Å². The number of benzene rings is 2. The molecule has 2 N–H and O–H groups in total. The third kappa shape index (κ3) is 4.97. The lowest BCUT2D eigenvalue weighted by Crippen LogP contribution is -2.46. The number of urea groups is 1. The minimum absolute atomic E-state index is 0.259. The second-order valence-corrected chi connectivity index (χ2v) is 8.02. The quantitative estimate of drug-likeness (QED) is 0.511. The van der Waals surface area contributed by atoms with Crippen molar-refractivity contribution in [3.8, 4) is 5.75 Å². The van der Waals surface area contributed by atoms with Crippen molar-refractivity contribution in [2.45, 2.75) is 31.7 Å². The molecule has 2 amide bonds. The Morgan fingerprint density at radius 1 is 1.13 bits per heavy atom. The zero-order valence-corrected chi connectivity index (χ0v) is 18.4. The van der Waals surface area contributed by atoms with Crippen molar-refractivity contribution in [1.82, 2.24) is 10.6 Å². The first kappa shape index (κ1) is 21.8. The molecule has 3 rings (SSSR count). The molecule has 0 spiro atoms. The van der Waals surface area contributed by atoms with Crippen LogP contribution in [0.5, 0.6) is 5.75 Å². The molecule has 0 fully saturated rings. The summed E-state index contributed by atoms with van der Waals surface area (Å²) in [7, 11) is 1.62. The lowest BCUT2D eigenvalue weighted by atomic mass is 9.91. The van der Waals surface area contributed by atoms with Gasteiger partial charge in [-0.2, -0.15) is 0 Å². The minimum atomic E-state index is -0.566. The summed E-state index contributed by atoms with van der Waals surface area (Å²) in [4.78, 5) is 26.3. The Bertz CT molecular complexity index is 970. The lowest BCUT2D eigenvalue weighted by Gasteiger charge is -2.30. The Morgan fingerprint density at radius 3 is 2.53 bits per heavy atom. The van der Waals surface area contributed by atoms with Crippen molar-refractivity contribution in [2.24, 2.45) is 0 Å². The predicted molar refractivity (Wildman–Crippen MR) is 118 cm³/mol. The first-order chi connectivity index (χ1) is 14.4. The molecule has 0 aliphatic carbocycles. The summed E-state index contributed by atoms with van der Waals surface area (Å²) in [6, 6.07) is 12.7. The van der Waals surface area contributed by atoms with Crippen LogP contribution in [0.1, 0.15) is 29.7 Å². The summed E-state index contributed by atoms with van der Waals surface area (Å²) in [5.41, 5.74) is 3.94. The number of nitrogens with one attached hydrogen (secondary N) is 2. The molecule has 0 saturated heterocycles. The summed E-state index contributed by atoms with van der Waals surface area (Å²) in [5.74, 6) is 0.770. The largest absolute Gasteiger partial charge is 0.497 e. The summed E-state index contributed by atoms with van der Waals surface area (Å²) < 4.78 is 10.5. The maximum absolute atomic E-state index is 12.9. The number of esters is 1. The number of hydrogen-bond donors (Lipinski definition) is 2. The van der Waals surface area contributed by atoms with E-state index >= 15 is 0 Å². The van der Waals surface area contributed by atoms with Crippen molar-refractivity contribution >= 4 is 23.8 Å². The van der Waals surface area contributed by atoms with Crippen molar-refractivity contribution in [2.75, 3.05) is 19.5 Å². The van der Waals surface area contributed by atoms with Gasteiger partial charge in [-0.3, -0.25) is 0 Å². The van der Waals surface area contributed by atoms with Gasteiger partial charge >= 0.3 is 12.0 Å². The molecule has 0 radical (unpaired) electrons. The number of carbonyl (C=O) groups excluding carboxylic acids is 2. The smallest absolute Gasteiger partial charge is 0.338 e. The highest BCUT2D eigenvalue weighted by atomic mass is 32.2. The van der Waals surface area contributed by atoms with Gasteiger partial charge in [-0.05, 0) is 56.2 Å². The molecule has 2 aromatic rings. The standard InChI is InChI=1S/C23H26N2O4S/c1-5-29-22(26)20-19(13-30-17-10-8-16(28-4)9-11-17)24-23(27)25-21(20)18-12-14(2)6-7-15(18)3/h6-12,21H,5,13H2,1-4H3,(H2,24,25,27)/t21-/m1/s1. The highest BCUT2D eigenvalue weighted by Crippen LogP contribution is 2.33. The van der Waals surface area contributed by atoms with Gasteiger partial charge in [-0.15, -0.1) is 11.8 Å². The molecule has 1 heterocycles. The molecule has 2 aromatic carbocycles. The molecule has 7 heteroatoms. The number of rotatable bonds is 7. The van der Waals surface area contributed by atoms with Gasteiger partial charge in [0, 0.05) is 16.3 Å². The fraction of sp³-hybridized carbons (Fsp3) is 0.304. The van der Waals surface area contributed by atoms with E-state index in [0.717, 1.165) is 27.3 Å². The third-order valence-corrected chi connectivity index (χ3v) is 5.88. The van der Waals surface area contributed by atoms with Crippen LogP contribution in [-0.4, -0.2) is 31.5 Å². The van der Waals surface area contributed by atoms with E-state index in [1.807, 2.05) is 56.3 Å². The van der Waals surface area contributed by atoms with Gasteiger partial charge in [0.2, 0.25) is 0 Å². The van der Waals surface area contributed by atoms with Crippen molar-refractivity contribution in [3.05, 3.63) is 70.4 Å². The number of ether oxygens (including phenoxy) is 2. The van der Waals surface area contributed by atoms with Gasteiger partial charge in [0.25, 0.3) is 0 Å². The van der Waals surface area contributed by atoms with Crippen LogP contribution < -0.4 is 15.4 Å². The maximum Gasteiger partial charge on any atom is 0.338 e. The highest BCUT2D eigenvalue weighted by Gasteiger charge is 2.34. The average Bonchev–Trinajstić information content (AvgIpc) is 2.74. The van der Waals surface area contributed by atoms with Crippen LogP contribution >= 0.6 is 11.8 Å². The second-order valence-electron chi connectivity index (χ2n) is 6.97. The zero-order valence-electron chi connectivity index (χ0n) is 17.6. The van der Waals surface area contributed by atoms with Gasteiger partial charge in [0.1, 0.15) is 5.75 Å². The van der Waals surface area contributed by atoms with E-state index in [4.69, 9.17) is 9.47 Å². The van der Waals surface area contributed by atoms with Crippen LogP contribution in [0.25, 0.3) is 0 Å². The van der Waals surface area contributed by atoms with E-state index in [0.29, 0.717) is 17.0 Å². The third-order valence-electron chi connectivity index (χ3n) is 4.84. The maximum atomic E-state index is 12.9. The van der Waals surface area contributed by atoms with Crippen LogP contribution in [0.2, 0.25) is 0 Å². The molecule has 158 valence electrons. The fourth-order valence-electron chi connectivity index (χ4n) is 3.31. The number of thioether (sulfide) groups is 1. The Kier molecular flexibility index (Phi) is 7.05. The topological polar surface area (TPSA) is 76.7 Å². The van der Waals surface area contributed by atoms with Crippen molar-refractivity contribution < 1.29 is 19.1 Å². The Labute approximate surface area is 181 Å². The second kappa shape index (κ2) is 9.71. The van der Waals surface area contributed by atoms with Crippen LogP contribution in [-0.2, 0) is 9.53 Å². The van der Waals surface area contributed by atoms with Crippen LogP contribution in [0.15, 0.2) is 58.6 Å². The number of hydrogen-bond acceptors (Lipinski definition) is 5. The van der Waals surface area contributed by atoms with Crippen LogP contribution in [0, 0.1) is 13.8 Å². The zero-order chi connectivity index (χ0) is 21.7. The Balaban J connectivity index is 1.98. The summed E-state index contributed by atoms with van der Waals surface area (Å²) in [6.45, 7) is 5.98. The van der Waals surface area contributed by atoms with E-state index < -0.39 is 12.0 Å². The molecule has 0 bridgehead atoms. The molecular formula is C23H26N2O4S. The van der Waals surface area contributed by atoms with E-state index in [1.165, 1.54) is 11.8 Å². The Hall–Kier alpha value is -2.93.